The molecule has 0 aromatic heterocycles. The minimum Gasteiger partial charge on any atom is -0.487 e. The highest BCUT2D eigenvalue weighted by Gasteiger charge is 2.11. The van der Waals surface area contributed by atoms with Gasteiger partial charge >= 0.3 is 5.97 Å². The van der Waals surface area contributed by atoms with Crippen molar-refractivity contribution in [2.75, 3.05) is 13.2 Å². The van der Waals surface area contributed by atoms with Gasteiger partial charge < -0.3 is 9.47 Å². The molecule has 2 aromatic rings. The Bertz CT molecular complexity index is 649. The summed E-state index contributed by atoms with van der Waals surface area (Å²) in [5.41, 5.74) is 0.298. The summed E-state index contributed by atoms with van der Waals surface area (Å²) in [5.74, 6) is 0.249. The Morgan fingerprint density at radius 1 is 1.25 bits per heavy atom. The predicted molar refractivity (Wildman–Crippen MR) is 82.9 cm³/mol. The number of hydrogen-bond donors (Lipinski definition) is 0. The van der Waals surface area contributed by atoms with Crippen LogP contribution in [0.4, 0.5) is 0 Å². The third-order valence-electron chi connectivity index (χ3n) is 2.79. The number of halogens is 1. The smallest absolute Gasteiger partial charge is 0.336 e. The Balaban J connectivity index is 2.12. The monoisotopic (exact) mass is 334 g/mol. The van der Waals surface area contributed by atoms with Crippen molar-refractivity contribution in [3.05, 3.63) is 53.0 Å². The number of carbonyl (C=O) groups excluding carboxylic acids is 1. The van der Waals surface area contributed by atoms with Gasteiger partial charge in [0, 0.05) is 0 Å². The van der Waals surface area contributed by atoms with E-state index in [1.165, 1.54) is 0 Å². The molecule has 0 radical (unpaired) electrons. The van der Waals surface area contributed by atoms with Crippen LogP contribution in [0.1, 0.15) is 6.92 Å². The molecule has 0 spiro atoms. The largest absolute Gasteiger partial charge is 0.487 e. The standard InChI is InChI=1S/C16H15BrO3/c1-3-19-16(18)11(2)10-20-14-9-8-12-6-4-5-7-13(12)15(14)17/h4-9H,2-3,10H2,1H3. The van der Waals surface area contributed by atoms with Crippen molar-refractivity contribution in [3.63, 3.8) is 0 Å². The molecule has 0 fully saturated rings. The molecule has 0 saturated heterocycles. The summed E-state index contributed by atoms with van der Waals surface area (Å²) in [7, 11) is 0. The first-order chi connectivity index (χ1) is 9.63. The highest BCUT2D eigenvalue weighted by Crippen LogP contribution is 2.33. The summed E-state index contributed by atoms with van der Waals surface area (Å²) in [6.07, 6.45) is 0. The first kappa shape index (κ1) is 14.6. The molecule has 20 heavy (non-hydrogen) atoms. The molecule has 0 amide bonds. The van der Waals surface area contributed by atoms with E-state index in [1.807, 2.05) is 36.4 Å². The molecule has 0 aliphatic heterocycles. The van der Waals surface area contributed by atoms with Crippen LogP contribution in [0.2, 0.25) is 0 Å². The van der Waals surface area contributed by atoms with E-state index in [2.05, 4.69) is 22.5 Å². The summed E-state index contributed by atoms with van der Waals surface area (Å²) in [6, 6.07) is 11.8. The van der Waals surface area contributed by atoms with Crippen molar-refractivity contribution >= 4 is 32.7 Å². The normalized spacial score (nSPS) is 10.3. The van der Waals surface area contributed by atoms with Gasteiger partial charge in [0.25, 0.3) is 0 Å². The quantitative estimate of drug-likeness (QED) is 0.610. The van der Waals surface area contributed by atoms with Gasteiger partial charge in [-0.2, -0.15) is 0 Å². The second kappa shape index (κ2) is 6.57. The van der Waals surface area contributed by atoms with Crippen LogP contribution >= 0.6 is 15.9 Å². The summed E-state index contributed by atoms with van der Waals surface area (Å²) >= 11 is 3.53. The molecule has 0 aliphatic carbocycles. The van der Waals surface area contributed by atoms with Gasteiger partial charge in [-0.25, -0.2) is 4.79 Å². The molecular formula is C16H15BrO3. The highest BCUT2D eigenvalue weighted by atomic mass is 79.9. The molecule has 0 unspecified atom stereocenters. The number of carbonyl (C=O) groups is 1. The van der Waals surface area contributed by atoms with E-state index in [0.717, 1.165) is 15.2 Å². The van der Waals surface area contributed by atoms with E-state index in [4.69, 9.17) is 9.47 Å². The molecular weight excluding hydrogens is 320 g/mol. The predicted octanol–water partition coefficient (Wildman–Crippen LogP) is 4.10. The van der Waals surface area contributed by atoms with Crippen LogP contribution in [-0.4, -0.2) is 19.2 Å². The zero-order valence-corrected chi connectivity index (χ0v) is 12.8. The number of esters is 1. The Morgan fingerprint density at radius 3 is 2.75 bits per heavy atom. The Hall–Kier alpha value is -1.81. The van der Waals surface area contributed by atoms with Gasteiger partial charge in [-0.05, 0) is 39.7 Å². The van der Waals surface area contributed by atoms with Crippen LogP contribution in [0.25, 0.3) is 10.8 Å². The zero-order valence-electron chi connectivity index (χ0n) is 11.2. The summed E-state index contributed by atoms with van der Waals surface area (Å²) in [6.45, 7) is 5.86. The number of benzene rings is 2. The molecule has 104 valence electrons. The van der Waals surface area contributed by atoms with Gasteiger partial charge in [-0.15, -0.1) is 0 Å². The molecule has 0 bridgehead atoms. The lowest BCUT2D eigenvalue weighted by Gasteiger charge is -2.11. The Labute approximate surface area is 126 Å². The lowest BCUT2D eigenvalue weighted by Crippen LogP contribution is -2.13. The number of rotatable bonds is 5. The van der Waals surface area contributed by atoms with Crippen LogP contribution in [0, 0.1) is 0 Å². The molecule has 2 aromatic carbocycles. The number of fused-ring (bicyclic) bond motifs is 1. The molecule has 0 heterocycles. The van der Waals surface area contributed by atoms with Crippen molar-refractivity contribution in [2.45, 2.75) is 6.92 Å². The summed E-state index contributed by atoms with van der Waals surface area (Å²) in [5, 5.41) is 2.18. The summed E-state index contributed by atoms with van der Waals surface area (Å²) in [4.78, 5) is 11.4. The average molecular weight is 335 g/mol. The first-order valence-electron chi connectivity index (χ1n) is 6.28. The van der Waals surface area contributed by atoms with E-state index >= 15 is 0 Å². The fraction of sp³-hybridized carbons (Fsp3) is 0.188. The SMILES string of the molecule is C=C(COc1ccc2ccccc2c1Br)C(=O)OCC. The van der Waals surface area contributed by atoms with Gasteiger partial charge in [0.2, 0.25) is 0 Å². The fourth-order valence-electron chi connectivity index (χ4n) is 1.78. The van der Waals surface area contributed by atoms with E-state index in [0.29, 0.717) is 17.9 Å². The van der Waals surface area contributed by atoms with E-state index in [-0.39, 0.29) is 6.61 Å². The van der Waals surface area contributed by atoms with Crippen LogP contribution in [0.5, 0.6) is 5.75 Å². The second-order valence-electron chi connectivity index (χ2n) is 4.21. The van der Waals surface area contributed by atoms with Crippen LogP contribution < -0.4 is 4.74 Å². The van der Waals surface area contributed by atoms with Crippen molar-refractivity contribution in [3.8, 4) is 5.75 Å². The average Bonchev–Trinajstić information content (AvgIpc) is 2.47. The third-order valence-corrected chi connectivity index (χ3v) is 3.61. The second-order valence-corrected chi connectivity index (χ2v) is 5.00. The minimum absolute atomic E-state index is 0.107. The first-order valence-corrected chi connectivity index (χ1v) is 7.07. The van der Waals surface area contributed by atoms with Gasteiger partial charge in [-0.3, -0.25) is 0 Å². The molecule has 0 saturated carbocycles. The molecule has 0 N–H and O–H groups in total. The van der Waals surface area contributed by atoms with Gasteiger partial charge in [-0.1, -0.05) is 36.9 Å². The maximum atomic E-state index is 11.4. The Morgan fingerprint density at radius 2 is 2.00 bits per heavy atom. The topological polar surface area (TPSA) is 35.5 Å². The minimum atomic E-state index is -0.426. The van der Waals surface area contributed by atoms with Crippen molar-refractivity contribution < 1.29 is 14.3 Å². The van der Waals surface area contributed by atoms with Crippen molar-refractivity contribution in [2.24, 2.45) is 0 Å². The molecule has 0 aliphatic rings. The van der Waals surface area contributed by atoms with Gasteiger partial charge in [0.05, 0.1) is 16.7 Å². The fourth-order valence-corrected chi connectivity index (χ4v) is 2.39. The van der Waals surface area contributed by atoms with E-state index < -0.39 is 5.97 Å². The molecule has 3 nitrogen and oxygen atoms in total. The third kappa shape index (κ3) is 3.20. The zero-order chi connectivity index (χ0) is 14.5. The van der Waals surface area contributed by atoms with Crippen molar-refractivity contribution in [1.29, 1.82) is 0 Å². The Kier molecular flexibility index (Phi) is 4.79. The highest BCUT2D eigenvalue weighted by molar-refractivity contribution is 9.10. The number of ether oxygens (including phenoxy) is 2. The lowest BCUT2D eigenvalue weighted by molar-refractivity contribution is -0.138. The number of hydrogen-bond acceptors (Lipinski definition) is 3. The van der Waals surface area contributed by atoms with E-state index in [9.17, 15) is 4.79 Å². The maximum Gasteiger partial charge on any atom is 0.336 e. The lowest BCUT2D eigenvalue weighted by atomic mass is 10.1. The molecule has 2 rings (SSSR count). The molecule has 4 heteroatoms. The van der Waals surface area contributed by atoms with Gasteiger partial charge in [0.15, 0.2) is 0 Å². The van der Waals surface area contributed by atoms with Crippen LogP contribution in [-0.2, 0) is 9.53 Å². The van der Waals surface area contributed by atoms with Crippen LogP contribution in [0.15, 0.2) is 53.0 Å². The van der Waals surface area contributed by atoms with Crippen molar-refractivity contribution in [1.82, 2.24) is 0 Å². The van der Waals surface area contributed by atoms with Crippen LogP contribution in [0.3, 0.4) is 0 Å². The maximum absolute atomic E-state index is 11.4. The van der Waals surface area contributed by atoms with E-state index in [1.54, 1.807) is 6.92 Å². The summed E-state index contributed by atoms with van der Waals surface area (Å²) < 4.78 is 11.4. The van der Waals surface area contributed by atoms with Gasteiger partial charge in [0.1, 0.15) is 12.4 Å². The molecule has 0 atom stereocenters.